The fourth-order valence-electron chi connectivity index (χ4n) is 3.82. The van der Waals surface area contributed by atoms with Crippen LogP contribution in [0, 0.1) is 0 Å². The van der Waals surface area contributed by atoms with Crippen molar-refractivity contribution >= 4 is 55.9 Å². The van der Waals surface area contributed by atoms with Crippen molar-refractivity contribution in [1.29, 1.82) is 0 Å². The molecule has 1 heterocycles. The molecule has 0 aliphatic rings. The van der Waals surface area contributed by atoms with E-state index in [4.69, 9.17) is 11.6 Å². The Balaban J connectivity index is 0.00000259. The first-order valence-electron chi connectivity index (χ1n) is 9.44. The van der Waals surface area contributed by atoms with Crippen LogP contribution in [-0.2, 0) is 10.1 Å². The van der Waals surface area contributed by atoms with E-state index in [0.29, 0.717) is 21.7 Å². The summed E-state index contributed by atoms with van der Waals surface area (Å²) in [7, 11) is -4.57. The van der Waals surface area contributed by atoms with Crippen LogP contribution in [-0.4, -0.2) is 33.2 Å². The molecule has 33 heavy (non-hydrogen) atoms. The maximum absolute atomic E-state index is 11.9. The number of fused-ring (bicyclic) bond motifs is 3. The van der Waals surface area contributed by atoms with Gasteiger partial charge in [-0.25, -0.2) is 4.98 Å². The first kappa shape index (κ1) is 22.9. The molecule has 168 valence electrons. The highest BCUT2D eigenvalue weighted by molar-refractivity contribution is 7.86. The molecule has 0 fully saturated rings. The predicted molar refractivity (Wildman–Crippen MR) is 130 cm³/mol. The highest BCUT2D eigenvalue weighted by Gasteiger charge is 2.22. The van der Waals surface area contributed by atoms with E-state index in [-0.39, 0.29) is 50.9 Å². The summed E-state index contributed by atoms with van der Waals surface area (Å²) in [5.41, 5.74) is 2.27. The highest BCUT2D eigenvalue weighted by Crippen LogP contribution is 2.40. The van der Waals surface area contributed by atoms with Crippen molar-refractivity contribution in [3.05, 3.63) is 71.8 Å². The third-order valence-electron chi connectivity index (χ3n) is 5.28. The molecule has 0 bridgehead atoms. The number of imidazole rings is 1. The lowest BCUT2D eigenvalue weighted by Gasteiger charge is -2.08. The molecule has 0 aliphatic heterocycles. The van der Waals surface area contributed by atoms with Gasteiger partial charge < -0.3 is 15.2 Å². The van der Waals surface area contributed by atoms with Crippen LogP contribution < -0.4 is 0 Å². The van der Waals surface area contributed by atoms with Crippen LogP contribution >= 0.6 is 24.0 Å². The lowest BCUT2D eigenvalue weighted by molar-refractivity contribution is 0.478. The van der Waals surface area contributed by atoms with Gasteiger partial charge in [0.05, 0.1) is 16.5 Å². The molecule has 0 amide bonds. The van der Waals surface area contributed by atoms with E-state index in [1.54, 1.807) is 42.5 Å². The van der Waals surface area contributed by atoms with Crippen LogP contribution in [0.5, 0.6) is 11.5 Å². The van der Waals surface area contributed by atoms with Crippen molar-refractivity contribution in [2.24, 2.45) is 0 Å². The third-order valence-corrected chi connectivity index (χ3v) is 6.42. The Labute approximate surface area is 199 Å². The predicted octanol–water partition coefficient (Wildman–Crippen LogP) is 5.78. The molecule has 7 nitrogen and oxygen atoms in total. The van der Waals surface area contributed by atoms with Gasteiger partial charge in [0, 0.05) is 16.0 Å². The van der Waals surface area contributed by atoms with Crippen LogP contribution in [0.25, 0.3) is 44.3 Å². The van der Waals surface area contributed by atoms with Crippen molar-refractivity contribution in [2.45, 2.75) is 4.90 Å². The Morgan fingerprint density at radius 1 is 0.909 bits per heavy atom. The number of rotatable bonds is 3. The van der Waals surface area contributed by atoms with E-state index in [2.05, 4.69) is 9.97 Å². The molecular weight excluding hydrogens is 487 g/mol. The maximum atomic E-state index is 11.9. The van der Waals surface area contributed by atoms with Crippen LogP contribution in [0.2, 0.25) is 5.02 Å². The van der Waals surface area contributed by atoms with Gasteiger partial charge in [-0.05, 0) is 35.9 Å². The zero-order valence-corrected chi connectivity index (χ0v) is 19.0. The normalized spacial score (nSPS) is 11.6. The molecule has 0 spiro atoms. The third kappa shape index (κ3) is 3.87. The van der Waals surface area contributed by atoms with Gasteiger partial charge in [0.15, 0.2) is 0 Å². The minimum atomic E-state index is -4.57. The molecule has 0 saturated carbocycles. The molecule has 5 aromatic rings. The topological polar surface area (TPSA) is 124 Å². The fraction of sp³-hybridized carbons (Fsp3) is 0. The Kier molecular flexibility index (Phi) is 5.71. The molecule has 4 aromatic carbocycles. The number of phenols is 2. The van der Waals surface area contributed by atoms with Gasteiger partial charge >= 0.3 is 0 Å². The van der Waals surface area contributed by atoms with E-state index in [9.17, 15) is 23.2 Å². The lowest BCUT2D eigenvalue weighted by atomic mass is 10.0. The van der Waals surface area contributed by atoms with Crippen molar-refractivity contribution in [1.82, 2.24) is 9.97 Å². The first-order valence-corrected chi connectivity index (χ1v) is 11.3. The lowest BCUT2D eigenvalue weighted by Crippen LogP contribution is -1.99. The van der Waals surface area contributed by atoms with Crippen LogP contribution in [0.15, 0.2) is 71.6 Å². The fourth-order valence-corrected chi connectivity index (χ4v) is 4.66. The molecule has 0 unspecified atom stereocenters. The first-order chi connectivity index (χ1) is 15.2. The summed E-state index contributed by atoms with van der Waals surface area (Å²) in [6, 6.07) is 17.8. The summed E-state index contributed by atoms with van der Waals surface area (Å²) in [4.78, 5) is 7.17. The Morgan fingerprint density at radius 2 is 1.58 bits per heavy atom. The summed E-state index contributed by atoms with van der Waals surface area (Å²) in [5, 5.41) is 22.3. The number of hydrogen-bond acceptors (Lipinski definition) is 5. The standard InChI is InChI=1S/C23H15ClN2O5S.ClH/c24-13-9-7-12(8-10-13)14-3-1-5-16(22(14)28)23-25-17-11-19(32(29,30)31)15-4-2-6-18(27)20(15)21(17)26-23;/h1-11,27-28H,(H,25,26)(H,29,30,31);1H. The minimum absolute atomic E-state index is 0. The van der Waals surface area contributed by atoms with Crippen molar-refractivity contribution in [3.8, 4) is 34.0 Å². The summed E-state index contributed by atoms with van der Waals surface area (Å²) in [6.45, 7) is 0. The van der Waals surface area contributed by atoms with Crippen LogP contribution in [0.3, 0.4) is 0 Å². The van der Waals surface area contributed by atoms with Gasteiger partial charge in [-0.15, -0.1) is 12.4 Å². The number of nitrogens with zero attached hydrogens (tertiary/aromatic N) is 1. The summed E-state index contributed by atoms with van der Waals surface area (Å²) >= 11 is 5.96. The monoisotopic (exact) mass is 502 g/mol. The number of phenolic OH excluding ortho intramolecular Hbond substituents is 2. The van der Waals surface area contributed by atoms with Gasteiger partial charge in [-0.3, -0.25) is 4.55 Å². The number of H-pyrrole nitrogens is 1. The van der Waals surface area contributed by atoms with Crippen molar-refractivity contribution < 1.29 is 23.2 Å². The number of aromatic hydroxyl groups is 2. The molecule has 1 aromatic heterocycles. The number of benzene rings is 4. The number of aromatic amines is 1. The molecule has 10 heteroatoms. The van der Waals surface area contributed by atoms with Crippen LogP contribution in [0.1, 0.15) is 0 Å². The van der Waals surface area contributed by atoms with E-state index < -0.39 is 10.1 Å². The largest absolute Gasteiger partial charge is 0.507 e. The van der Waals surface area contributed by atoms with E-state index in [1.165, 1.54) is 24.3 Å². The van der Waals surface area contributed by atoms with E-state index in [1.807, 2.05) is 0 Å². The second-order valence-corrected chi connectivity index (χ2v) is 9.07. The average Bonchev–Trinajstić information content (AvgIpc) is 3.17. The number of aromatic nitrogens is 2. The zero-order chi connectivity index (χ0) is 22.6. The molecule has 0 saturated heterocycles. The minimum Gasteiger partial charge on any atom is -0.507 e. The quantitative estimate of drug-likeness (QED) is 0.231. The summed E-state index contributed by atoms with van der Waals surface area (Å²) in [6.07, 6.45) is 0. The number of para-hydroxylation sites is 1. The van der Waals surface area contributed by atoms with E-state index in [0.717, 1.165) is 5.56 Å². The second-order valence-electron chi connectivity index (χ2n) is 7.24. The van der Waals surface area contributed by atoms with Crippen molar-refractivity contribution in [2.75, 3.05) is 0 Å². The van der Waals surface area contributed by atoms with E-state index >= 15 is 0 Å². The summed E-state index contributed by atoms with van der Waals surface area (Å²) < 4.78 is 33.6. The smallest absolute Gasteiger partial charge is 0.295 e. The van der Waals surface area contributed by atoms with Gasteiger partial charge in [0.2, 0.25) is 0 Å². The SMILES string of the molecule is Cl.O=S(=O)(O)c1cc2[nH]c(-c3cccc(-c4ccc(Cl)cc4)c3O)nc2c2c(O)cccc12. The molecule has 0 atom stereocenters. The Hall–Kier alpha value is -3.30. The Bertz CT molecular complexity index is 1630. The average molecular weight is 503 g/mol. The number of halogens is 2. The van der Waals surface area contributed by atoms with Gasteiger partial charge in [-0.2, -0.15) is 8.42 Å². The Morgan fingerprint density at radius 3 is 2.27 bits per heavy atom. The van der Waals surface area contributed by atoms with Gasteiger partial charge in [0.1, 0.15) is 27.7 Å². The molecule has 0 radical (unpaired) electrons. The zero-order valence-electron chi connectivity index (χ0n) is 16.7. The number of hydrogen-bond donors (Lipinski definition) is 4. The number of nitrogens with one attached hydrogen (secondary N) is 1. The van der Waals surface area contributed by atoms with Crippen LogP contribution in [0.4, 0.5) is 0 Å². The van der Waals surface area contributed by atoms with Crippen molar-refractivity contribution in [3.63, 3.8) is 0 Å². The molecule has 5 rings (SSSR count). The molecule has 0 aliphatic carbocycles. The summed E-state index contributed by atoms with van der Waals surface area (Å²) in [5.74, 6) is 0.0537. The maximum Gasteiger partial charge on any atom is 0.295 e. The van der Waals surface area contributed by atoms with Gasteiger partial charge in [-0.1, -0.05) is 48.0 Å². The second kappa shape index (κ2) is 8.24. The molecular formula is C23H16Cl2N2O5S. The highest BCUT2D eigenvalue weighted by atomic mass is 35.5. The van der Waals surface area contributed by atoms with Gasteiger partial charge in [0.25, 0.3) is 10.1 Å². The molecule has 4 N–H and O–H groups in total.